The molecule has 19 heavy (non-hydrogen) atoms. The van der Waals surface area contributed by atoms with Gasteiger partial charge in [-0.1, -0.05) is 0 Å². The van der Waals surface area contributed by atoms with Crippen molar-refractivity contribution < 1.29 is 4.79 Å². The second-order valence-corrected chi connectivity index (χ2v) is 6.07. The Labute approximate surface area is 119 Å². The first kappa shape index (κ1) is 14.3. The molecule has 2 N–H and O–H groups in total. The van der Waals surface area contributed by atoms with Crippen LogP contribution in [0.1, 0.15) is 36.8 Å². The SMILES string of the molecule is CCNC(=O)N1CC[C@@H](N[C@H](C)c2sccc2C)C1. The zero-order valence-electron chi connectivity index (χ0n) is 11.9. The Morgan fingerprint density at radius 1 is 1.63 bits per heavy atom. The van der Waals surface area contributed by atoms with Crippen molar-refractivity contribution in [2.45, 2.75) is 39.3 Å². The summed E-state index contributed by atoms with van der Waals surface area (Å²) < 4.78 is 0. The molecule has 0 saturated carbocycles. The summed E-state index contributed by atoms with van der Waals surface area (Å²) in [6, 6.07) is 2.98. The number of hydrogen-bond acceptors (Lipinski definition) is 3. The molecule has 0 bridgehead atoms. The molecule has 5 heteroatoms. The van der Waals surface area contributed by atoms with Gasteiger partial charge in [-0.2, -0.15) is 0 Å². The fraction of sp³-hybridized carbons (Fsp3) is 0.643. The number of nitrogens with one attached hydrogen (secondary N) is 2. The molecule has 1 aliphatic rings. The quantitative estimate of drug-likeness (QED) is 0.890. The van der Waals surface area contributed by atoms with Gasteiger partial charge in [0.05, 0.1) is 0 Å². The van der Waals surface area contributed by atoms with Gasteiger partial charge in [-0.05, 0) is 44.2 Å². The van der Waals surface area contributed by atoms with Crippen LogP contribution in [0, 0.1) is 6.92 Å². The molecule has 1 fully saturated rings. The first-order valence-corrected chi connectivity index (χ1v) is 7.82. The minimum Gasteiger partial charge on any atom is -0.338 e. The largest absolute Gasteiger partial charge is 0.338 e. The number of urea groups is 1. The summed E-state index contributed by atoms with van der Waals surface area (Å²) in [5.41, 5.74) is 1.35. The third-order valence-electron chi connectivity index (χ3n) is 3.58. The Balaban J connectivity index is 1.85. The number of nitrogens with zero attached hydrogens (tertiary/aromatic N) is 1. The van der Waals surface area contributed by atoms with Gasteiger partial charge in [0, 0.05) is 36.6 Å². The number of aryl methyl sites for hydroxylation is 1. The summed E-state index contributed by atoms with van der Waals surface area (Å²) in [6.45, 7) is 8.65. The van der Waals surface area contributed by atoms with Gasteiger partial charge >= 0.3 is 6.03 Å². The van der Waals surface area contributed by atoms with Gasteiger partial charge in [-0.15, -0.1) is 11.3 Å². The summed E-state index contributed by atoms with van der Waals surface area (Å²) >= 11 is 1.80. The van der Waals surface area contributed by atoms with E-state index < -0.39 is 0 Å². The molecule has 0 unspecified atom stereocenters. The molecule has 0 aliphatic carbocycles. The van der Waals surface area contributed by atoms with Crippen molar-refractivity contribution in [1.29, 1.82) is 0 Å². The van der Waals surface area contributed by atoms with Crippen LogP contribution in [0.4, 0.5) is 4.79 Å². The van der Waals surface area contributed by atoms with Gasteiger partial charge in [-0.25, -0.2) is 4.79 Å². The van der Waals surface area contributed by atoms with E-state index in [1.54, 1.807) is 11.3 Å². The molecule has 2 rings (SSSR count). The van der Waals surface area contributed by atoms with Gasteiger partial charge < -0.3 is 15.5 Å². The van der Waals surface area contributed by atoms with Crippen LogP contribution >= 0.6 is 11.3 Å². The lowest BCUT2D eigenvalue weighted by molar-refractivity contribution is 0.208. The van der Waals surface area contributed by atoms with Gasteiger partial charge in [-0.3, -0.25) is 0 Å². The Morgan fingerprint density at radius 2 is 2.42 bits per heavy atom. The molecule has 2 atom stereocenters. The number of hydrogen-bond donors (Lipinski definition) is 2. The van der Waals surface area contributed by atoms with Crippen LogP contribution in [0.5, 0.6) is 0 Å². The van der Waals surface area contributed by atoms with Crippen molar-refractivity contribution in [3.05, 3.63) is 21.9 Å². The number of amides is 2. The predicted molar refractivity (Wildman–Crippen MR) is 79.7 cm³/mol. The lowest BCUT2D eigenvalue weighted by Crippen LogP contribution is -2.41. The smallest absolute Gasteiger partial charge is 0.317 e. The van der Waals surface area contributed by atoms with Crippen LogP contribution in [0.2, 0.25) is 0 Å². The van der Waals surface area contributed by atoms with Crippen molar-refractivity contribution in [1.82, 2.24) is 15.5 Å². The number of carbonyl (C=O) groups is 1. The standard InChI is InChI=1S/C14H23N3OS/c1-4-15-14(18)17-7-5-12(9-17)16-11(3)13-10(2)6-8-19-13/h6,8,11-12,16H,4-5,7,9H2,1-3H3,(H,15,18)/t11-,12-/m1/s1. The van der Waals surface area contributed by atoms with E-state index in [1.807, 2.05) is 11.8 Å². The molecule has 0 radical (unpaired) electrons. The van der Waals surface area contributed by atoms with Crippen molar-refractivity contribution in [3.8, 4) is 0 Å². The lowest BCUT2D eigenvalue weighted by Gasteiger charge is -2.20. The van der Waals surface area contributed by atoms with E-state index in [-0.39, 0.29) is 6.03 Å². The van der Waals surface area contributed by atoms with Crippen LogP contribution in [0.25, 0.3) is 0 Å². The summed E-state index contributed by atoms with van der Waals surface area (Å²) in [6.07, 6.45) is 1.03. The summed E-state index contributed by atoms with van der Waals surface area (Å²) in [7, 11) is 0. The molecule has 1 aromatic rings. The highest BCUT2D eigenvalue weighted by Crippen LogP contribution is 2.24. The molecule has 106 valence electrons. The normalized spacial score (nSPS) is 20.6. The van der Waals surface area contributed by atoms with E-state index >= 15 is 0 Å². The maximum Gasteiger partial charge on any atom is 0.317 e. The van der Waals surface area contributed by atoms with Crippen LogP contribution in [0.15, 0.2) is 11.4 Å². The molecular weight excluding hydrogens is 258 g/mol. The summed E-state index contributed by atoms with van der Waals surface area (Å²) in [4.78, 5) is 15.0. The number of carbonyl (C=O) groups excluding carboxylic acids is 1. The van der Waals surface area contributed by atoms with Crippen LogP contribution < -0.4 is 10.6 Å². The van der Waals surface area contributed by atoms with Crippen LogP contribution in [-0.2, 0) is 0 Å². The molecule has 0 aromatic carbocycles. The maximum absolute atomic E-state index is 11.7. The predicted octanol–water partition coefficient (Wildman–Crippen LogP) is 2.51. The Bertz CT molecular complexity index is 432. The molecule has 0 spiro atoms. The van der Waals surface area contributed by atoms with E-state index in [9.17, 15) is 4.79 Å². The Morgan fingerprint density at radius 3 is 3.05 bits per heavy atom. The third kappa shape index (κ3) is 3.48. The van der Waals surface area contributed by atoms with E-state index in [0.29, 0.717) is 18.6 Å². The fourth-order valence-electron chi connectivity index (χ4n) is 2.60. The second kappa shape index (κ2) is 6.39. The first-order chi connectivity index (χ1) is 9.11. The van der Waals surface area contributed by atoms with Gasteiger partial charge in [0.15, 0.2) is 0 Å². The highest BCUT2D eigenvalue weighted by atomic mass is 32.1. The molecule has 4 nitrogen and oxygen atoms in total. The number of thiophene rings is 1. The molecule has 1 aliphatic heterocycles. The van der Waals surface area contributed by atoms with Crippen molar-refractivity contribution in [2.75, 3.05) is 19.6 Å². The van der Waals surface area contributed by atoms with Gasteiger partial charge in [0.2, 0.25) is 0 Å². The van der Waals surface area contributed by atoms with Gasteiger partial charge in [0.1, 0.15) is 0 Å². The summed E-state index contributed by atoms with van der Waals surface area (Å²) in [5, 5.41) is 8.63. The molecule has 1 saturated heterocycles. The van der Waals surface area contributed by atoms with Crippen molar-refractivity contribution in [2.24, 2.45) is 0 Å². The first-order valence-electron chi connectivity index (χ1n) is 6.94. The zero-order chi connectivity index (χ0) is 13.8. The minimum atomic E-state index is 0.0618. The van der Waals surface area contributed by atoms with Crippen LogP contribution in [0.3, 0.4) is 0 Å². The van der Waals surface area contributed by atoms with Crippen LogP contribution in [-0.4, -0.2) is 36.6 Å². The average Bonchev–Trinajstić information content (AvgIpc) is 2.98. The monoisotopic (exact) mass is 281 g/mol. The fourth-order valence-corrected chi connectivity index (χ4v) is 3.55. The molecule has 1 aromatic heterocycles. The molecule has 2 amide bonds. The van der Waals surface area contributed by atoms with E-state index in [0.717, 1.165) is 19.5 Å². The highest BCUT2D eigenvalue weighted by Gasteiger charge is 2.27. The second-order valence-electron chi connectivity index (χ2n) is 5.12. The van der Waals surface area contributed by atoms with E-state index in [4.69, 9.17) is 0 Å². The van der Waals surface area contributed by atoms with Crippen molar-refractivity contribution >= 4 is 17.4 Å². The van der Waals surface area contributed by atoms with E-state index in [2.05, 4.69) is 35.9 Å². The lowest BCUT2D eigenvalue weighted by atomic mass is 10.1. The van der Waals surface area contributed by atoms with Gasteiger partial charge in [0.25, 0.3) is 0 Å². The summed E-state index contributed by atoms with van der Waals surface area (Å²) in [5.74, 6) is 0. The zero-order valence-corrected chi connectivity index (χ0v) is 12.7. The molecule has 2 heterocycles. The topological polar surface area (TPSA) is 44.4 Å². The third-order valence-corrected chi connectivity index (χ3v) is 4.79. The maximum atomic E-state index is 11.7. The van der Waals surface area contributed by atoms with Crippen molar-refractivity contribution in [3.63, 3.8) is 0 Å². The Kier molecular flexibility index (Phi) is 4.82. The Hall–Kier alpha value is -1.07. The van der Waals surface area contributed by atoms with E-state index in [1.165, 1.54) is 10.4 Å². The minimum absolute atomic E-state index is 0.0618. The average molecular weight is 281 g/mol. The number of likely N-dealkylation sites (tertiary alicyclic amines) is 1. The highest BCUT2D eigenvalue weighted by molar-refractivity contribution is 7.10. The molecular formula is C14H23N3OS. The number of rotatable bonds is 4.